The summed E-state index contributed by atoms with van der Waals surface area (Å²) in [6.07, 6.45) is -1.30. The molecule has 8 heteroatoms. The van der Waals surface area contributed by atoms with Crippen molar-refractivity contribution in [2.24, 2.45) is 0 Å². The van der Waals surface area contributed by atoms with E-state index in [-0.39, 0.29) is 32.7 Å². The number of nitrogens with zero attached hydrogens (tertiary/aromatic N) is 1. The van der Waals surface area contributed by atoms with Gasteiger partial charge in [0.15, 0.2) is 0 Å². The Hall–Kier alpha value is -3.55. The van der Waals surface area contributed by atoms with Crippen LogP contribution in [0.5, 0.6) is 0 Å². The third-order valence-corrected chi connectivity index (χ3v) is 4.89. The van der Waals surface area contributed by atoms with Gasteiger partial charge in [0.2, 0.25) is 0 Å². The number of rotatable bonds is 7. The smallest absolute Gasteiger partial charge is 0.410 e. The standard InChI is InChI=1S/C22H24N2O6/c25-19(26)13-22(23-20(27)29-14-17-7-3-1-4-8-17)11-12-24(16-22)21(28)30-15-18-9-5-2-6-10-18/h1-10H,11-16H2,(H,23,27)(H,25,26). The summed E-state index contributed by atoms with van der Waals surface area (Å²) < 4.78 is 10.5. The monoisotopic (exact) mass is 412 g/mol. The summed E-state index contributed by atoms with van der Waals surface area (Å²) in [5, 5.41) is 12.0. The van der Waals surface area contributed by atoms with Crippen LogP contribution in [0.1, 0.15) is 24.0 Å². The number of nitrogens with one attached hydrogen (secondary N) is 1. The van der Waals surface area contributed by atoms with Gasteiger partial charge in [-0.15, -0.1) is 0 Å². The van der Waals surface area contributed by atoms with Gasteiger partial charge >= 0.3 is 18.2 Å². The SMILES string of the molecule is O=C(O)CC1(NC(=O)OCc2ccccc2)CCN(C(=O)OCc2ccccc2)C1. The van der Waals surface area contributed by atoms with E-state index in [1.54, 1.807) is 0 Å². The first-order chi connectivity index (χ1) is 14.5. The Bertz CT molecular complexity index is 874. The third kappa shape index (κ3) is 5.97. The molecule has 0 bridgehead atoms. The zero-order valence-corrected chi connectivity index (χ0v) is 16.5. The lowest BCUT2D eigenvalue weighted by molar-refractivity contribution is -0.138. The molecule has 0 spiro atoms. The molecule has 1 aliphatic rings. The lowest BCUT2D eigenvalue weighted by atomic mass is 9.94. The van der Waals surface area contributed by atoms with Crippen molar-refractivity contribution in [3.8, 4) is 0 Å². The van der Waals surface area contributed by atoms with Crippen molar-refractivity contribution >= 4 is 18.2 Å². The predicted octanol–water partition coefficient (Wildman–Crippen LogP) is 3.17. The van der Waals surface area contributed by atoms with Crippen LogP contribution in [-0.4, -0.2) is 46.8 Å². The Labute approximate surface area is 174 Å². The normalized spacial score (nSPS) is 17.9. The molecule has 0 saturated carbocycles. The van der Waals surface area contributed by atoms with Gasteiger partial charge in [-0.1, -0.05) is 60.7 Å². The topological polar surface area (TPSA) is 105 Å². The number of carboxylic acids is 1. The summed E-state index contributed by atoms with van der Waals surface area (Å²) >= 11 is 0. The second-order valence-electron chi connectivity index (χ2n) is 7.25. The Morgan fingerprint density at radius 2 is 1.50 bits per heavy atom. The van der Waals surface area contributed by atoms with Crippen molar-refractivity contribution in [2.45, 2.75) is 31.6 Å². The molecule has 2 amide bonds. The molecule has 0 aliphatic carbocycles. The highest BCUT2D eigenvalue weighted by Gasteiger charge is 2.43. The second kappa shape index (κ2) is 9.78. The van der Waals surface area contributed by atoms with Crippen molar-refractivity contribution in [1.29, 1.82) is 0 Å². The number of carbonyl (C=O) groups is 3. The van der Waals surface area contributed by atoms with Gasteiger partial charge in [0.05, 0.1) is 12.0 Å². The molecular formula is C22H24N2O6. The minimum Gasteiger partial charge on any atom is -0.481 e. The highest BCUT2D eigenvalue weighted by atomic mass is 16.6. The van der Waals surface area contributed by atoms with Gasteiger partial charge in [-0.2, -0.15) is 0 Å². The molecule has 1 heterocycles. The number of hydrogen-bond acceptors (Lipinski definition) is 5. The van der Waals surface area contributed by atoms with Crippen LogP contribution in [0.2, 0.25) is 0 Å². The van der Waals surface area contributed by atoms with Crippen LogP contribution < -0.4 is 5.32 Å². The van der Waals surface area contributed by atoms with Crippen LogP contribution in [-0.2, 0) is 27.5 Å². The molecule has 3 rings (SSSR count). The van der Waals surface area contributed by atoms with Crippen molar-refractivity contribution in [2.75, 3.05) is 13.1 Å². The van der Waals surface area contributed by atoms with Crippen LogP contribution in [0, 0.1) is 0 Å². The number of aliphatic carboxylic acids is 1. The predicted molar refractivity (Wildman–Crippen MR) is 108 cm³/mol. The average molecular weight is 412 g/mol. The quantitative estimate of drug-likeness (QED) is 0.724. The van der Waals surface area contributed by atoms with E-state index in [0.29, 0.717) is 6.42 Å². The molecule has 0 radical (unpaired) electrons. The van der Waals surface area contributed by atoms with Crippen LogP contribution in [0.25, 0.3) is 0 Å². The summed E-state index contributed by atoms with van der Waals surface area (Å²) in [7, 11) is 0. The van der Waals surface area contributed by atoms with Gasteiger partial charge in [-0.3, -0.25) is 4.79 Å². The fraction of sp³-hybridized carbons (Fsp3) is 0.318. The van der Waals surface area contributed by atoms with Gasteiger partial charge in [0, 0.05) is 13.1 Å². The van der Waals surface area contributed by atoms with Gasteiger partial charge in [-0.25, -0.2) is 9.59 Å². The molecule has 1 fully saturated rings. The number of carbonyl (C=O) groups excluding carboxylic acids is 2. The second-order valence-corrected chi connectivity index (χ2v) is 7.25. The number of alkyl carbamates (subject to hydrolysis) is 1. The lowest BCUT2D eigenvalue weighted by Crippen LogP contribution is -2.52. The molecule has 2 N–H and O–H groups in total. The number of amides is 2. The molecule has 0 aromatic heterocycles. The zero-order valence-electron chi connectivity index (χ0n) is 16.5. The fourth-order valence-corrected chi connectivity index (χ4v) is 3.39. The van der Waals surface area contributed by atoms with Crippen molar-refractivity contribution in [1.82, 2.24) is 10.2 Å². The van der Waals surface area contributed by atoms with Crippen LogP contribution >= 0.6 is 0 Å². The summed E-state index contributed by atoms with van der Waals surface area (Å²) in [6, 6.07) is 18.4. The highest BCUT2D eigenvalue weighted by Crippen LogP contribution is 2.26. The molecule has 1 unspecified atom stereocenters. The minimum atomic E-state index is -1.11. The molecule has 1 atom stereocenters. The first-order valence-corrected chi connectivity index (χ1v) is 9.62. The molecule has 2 aromatic rings. The maximum Gasteiger partial charge on any atom is 0.410 e. The fourth-order valence-electron chi connectivity index (χ4n) is 3.39. The molecule has 1 saturated heterocycles. The maximum atomic E-state index is 12.4. The van der Waals surface area contributed by atoms with E-state index in [0.717, 1.165) is 11.1 Å². The molecule has 8 nitrogen and oxygen atoms in total. The van der Waals surface area contributed by atoms with E-state index >= 15 is 0 Å². The number of likely N-dealkylation sites (tertiary alicyclic amines) is 1. The van der Waals surface area contributed by atoms with Gasteiger partial charge in [0.1, 0.15) is 13.2 Å². The molecule has 1 aliphatic heterocycles. The van der Waals surface area contributed by atoms with Crippen molar-refractivity contribution in [3.63, 3.8) is 0 Å². The first kappa shape index (κ1) is 21.2. The average Bonchev–Trinajstić information content (AvgIpc) is 3.15. The van der Waals surface area contributed by atoms with E-state index < -0.39 is 23.7 Å². The van der Waals surface area contributed by atoms with E-state index in [4.69, 9.17) is 9.47 Å². The summed E-state index contributed by atoms with van der Waals surface area (Å²) in [6.45, 7) is 0.501. The third-order valence-electron chi connectivity index (χ3n) is 4.89. The largest absolute Gasteiger partial charge is 0.481 e. The summed E-state index contributed by atoms with van der Waals surface area (Å²) in [5.74, 6) is -1.07. The number of carboxylic acid groups (broad SMARTS) is 1. The summed E-state index contributed by atoms with van der Waals surface area (Å²) in [4.78, 5) is 37.5. The Morgan fingerprint density at radius 1 is 0.933 bits per heavy atom. The highest BCUT2D eigenvalue weighted by molar-refractivity contribution is 5.74. The Kier molecular flexibility index (Phi) is 6.90. The summed E-state index contributed by atoms with van der Waals surface area (Å²) in [5.41, 5.74) is 0.563. The first-order valence-electron chi connectivity index (χ1n) is 9.62. The molecule has 158 valence electrons. The number of hydrogen-bond donors (Lipinski definition) is 2. The molecule has 30 heavy (non-hydrogen) atoms. The Balaban J connectivity index is 1.56. The van der Waals surface area contributed by atoms with Crippen LogP contribution in [0.4, 0.5) is 9.59 Å². The van der Waals surface area contributed by atoms with E-state index in [9.17, 15) is 19.5 Å². The molecule has 2 aromatic carbocycles. The van der Waals surface area contributed by atoms with Crippen molar-refractivity contribution in [3.05, 3.63) is 71.8 Å². The van der Waals surface area contributed by atoms with Crippen LogP contribution in [0.15, 0.2) is 60.7 Å². The maximum absolute atomic E-state index is 12.4. The van der Waals surface area contributed by atoms with E-state index in [1.165, 1.54) is 4.90 Å². The van der Waals surface area contributed by atoms with Gasteiger partial charge < -0.3 is 24.8 Å². The van der Waals surface area contributed by atoms with E-state index in [1.807, 2.05) is 60.7 Å². The van der Waals surface area contributed by atoms with E-state index in [2.05, 4.69) is 5.32 Å². The lowest BCUT2D eigenvalue weighted by Gasteiger charge is -2.28. The van der Waals surface area contributed by atoms with Gasteiger partial charge in [0.25, 0.3) is 0 Å². The van der Waals surface area contributed by atoms with Crippen molar-refractivity contribution < 1.29 is 29.0 Å². The molecular weight excluding hydrogens is 388 g/mol. The van der Waals surface area contributed by atoms with Crippen LogP contribution in [0.3, 0.4) is 0 Å². The number of ether oxygens (including phenoxy) is 2. The minimum absolute atomic E-state index is 0.0351. The van der Waals surface area contributed by atoms with Gasteiger partial charge in [-0.05, 0) is 17.5 Å². The Morgan fingerprint density at radius 3 is 2.07 bits per heavy atom. The number of benzene rings is 2. The zero-order chi connectivity index (χ0) is 21.4.